The second-order valence-electron chi connectivity index (χ2n) is 5.70. The summed E-state index contributed by atoms with van der Waals surface area (Å²) in [6.45, 7) is 6.91. The van der Waals surface area contributed by atoms with Crippen LogP contribution in [0.3, 0.4) is 0 Å². The van der Waals surface area contributed by atoms with Crippen LogP contribution in [0.1, 0.15) is 26.2 Å². The van der Waals surface area contributed by atoms with Crippen LogP contribution in [0.2, 0.25) is 0 Å². The van der Waals surface area contributed by atoms with Crippen molar-refractivity contribution in [1.82, 2.24) is 9.47 Å². The molecule has 0 spiro atoms. The number of pyridine rings is 1. The number of rotatable bonds is 7. The second-order valence-corrected chi connectivity index (χ2v) is 5.70. The predicted octanol–water partition coefficient (Wildman–Crippen LogP) is 1.78. The number of anilines is 1. The van der Waals surface area contributed by atoms with E-state index >= 15 is 0 Å². The Balaban J connectivity index is 1.90. The van der Waals surface area contributed by atoms with E-state index in [9.17, 15) is 4.79 Å². The molecule has 1 fully saturated rings. The maximum Gasteiger partial charge on any atom is 0.250 e. The van der Waals surface area contributed by atoms with Crippen LogP contribution in [-0.4, -0.2) is 48.9 Å². The van der Waals surface area contributed by atoms with E-state index in [0.29, 0.717) is 19.2 Å². The first-order valence-corrected chi connectivity index (χ1v) is 7.91. The summed E-state index contributed by atoms with van der Waals surface area (Å²) < 4.78 is 6.75. The fraction of sp³-hybridized carbons (Fsp3) is 0.688. The number of likely N-dealkylation sites (tertiary alicyclic amines) is 1. The third-order valence-corrected chi connectivity index (χ3v) is 4.02. The molecule has 0 bridgehead atoms. The number of hydrogen-bond donors (Lipinski definition) is 1. The topological polar surface area (TPSA) is 46.5 Å². The van der Waals surface area contributed by atoms with Crippen molar-refractivity contribution in [3.63, 3.8) is 0 Å². The van der Waals surface area contributed by atoms with Gasteiger partial charge in [0.25, 0.3) is 5.56 Å². The van der Waals surface area contributed by atoms with Crippen molar-refractivity contribution in [1.29, 1.82) is 0 Å². The highest BCUT2D eigenvalue weighted by Gasteiger charge is 2.18. The van der Waals surface area contributed by atoms with Crippen LogP contribution in [0.15, 0.2) is 23.1 Å². The number of methoxy groups -OCH3 is 1. The van der Waals surface area contributed by atoms with E-state index in [-0.39, 0.29) is 5.56 Å². The van der Waals surface area contributed by atoms with Gasteiger partial charge in [-0.25, -0.2) is 0 Å². The monoisotopic (exact) mass is 293 g/mol. The zero-order valence-corrected chi connectivity index (χ0v) is 13.2. The van der Waals surface area contributed by atoms with Gasteiger partial charge in [-0.15, -0.1) is 0 Å². The SMILES string of the molecule is CCCN1CCC(Nc2ccc(=O)n(CCOC)c2)CC1. The fourth-order valence-electron chi connectivity index (χ4n) is 2.83. The second kappa shape index (κ2) is 8.20. The van der Waals surface area contributed by atoms with Gasteiger partial charge in [0.05, 0.1) is 12.3 Å². The summed E-state index contributed by atoms with van der Waals surface area (Å²) in [6, 6.07) is 4.01. The maximum atomic E-state index is 11.8. The van der Waals surface area contributed by atoms with Crippen LogP contribution in [0.5, 0.6) is 0 Å². The molecular formula is C16H27N3O2. The number of piperidine rings is 1. The van der Waals surface area contributed by atoms with Gasteiger partial charge in [0.2, 0.25) is 0 Å². The van der Waals surface area contributed by atoms with Crippen LogP contribution >= 0.6 is 0 Å². The van der Waals surface area contributed by atoms with E-state index in [1.165, 1.54) is 13.0 Å². The van der Waals surface area contributed by atoms with Gasteiger partial charge in [-0.1, -0.05) is 6.92 Å². The standard InChI is InChI=1S/C16H27N3O2/c1-3-8-18-9-6-14(7-10-18)17-15-4-5-16(20)19(13-15)11-12-21-2/h4-5,13-14,17H,3,6-12H2,1-2H3. The summed E-state index contributed by atoms with van der Waals surface area (Å²) in [5, 5.41) is 3.56. The molecule has 1 aliphatic heterocycles. The van der Waals surface area contributed by atoms with Crippen LogP contribution in [0.4, 0.5) is 5.69 Å². The molecule has 1 N–H and O–H groups in total. The maximum absolute atomic E-state index is 11.8. The van der Waals surface area contributed by atoms with Crippen LogP contribution in [-0.2, 0) is 11.3 Å². The molecule has 1 saturated heterocycles. The van der Waals surface area contributed by atoms with Gasteiger partial charge < -0.3 is 19.5 Å². The lowest BCUT2D eigenvalue weighted by Gasteiger charge is -2.32. The highest BCUT2D eigenvalue weighted by atomic mass is 16.5. The summed E-state index contributed by atoms with van der Waals surface area (Å²) in [5.41, 5.74) is 1.05. The molecule has 1 aromatic heterocycles. The summed E-state index contributed by atoms with van der Waals surface area (Å²) in [4.78, 5) is 14.3. The Morgan fingerprint density at radius 1 is 1.29 bits per heavy atom. The number of nitrogens with one attached hydrogen (secondary N) is 1. The van der Waals surface area contributed by atoms with Gasteiger partial charge in [-0.2, -0.15) is 0 Å². The van der Waals surface area contributed by atoms with Gasteiger partial charge in [-0.05, 0) is 31.9 Å². The molecule has 0 radical (unpaired) electrons. The molecule has 0 unspecified atom stereocenters. The lowest BCUT2D eigenvalue weighted by molar-refractivity contribution is 0.186. The van der Waals surface area contributed by atoms with Gasteiger partial charge >= 0.3 is 0 Å². The minimum Gasteiger partial charge on any atom is -0.383 e. The zero-order chi connectivity index (χ0) is 15.1. The Morgan fingerprint density at radius 3 is 2.71 bits per heavy atom. The normalized spacial score (nSPS) is 17.0. The molecule has 2 heterocycles. The molecular weight excluding hydrogens is 266 g/mol. The Labute approximate surface area is 126 Å². The minimum absolute atomic E-state index is 0.0235. The average Bonchev–Trinajstić information content (AvgIpc) is 2.50. The van der Waals surface area contributed by atoms with E-state index in [1.54, 1.807) is 17.7 Å². The number of aromatic nitrogens is 1. The lowest BCUT2D eigenvalue weighted by Crippen LogP contribution is -2.39. The van der Waals surface area contributed by atoms with Crippen LogP contribution in [0, 0.1) is 0 Å². The van der Waals surface area contributed by atoms with E-state index in [1.807, 2.05) is 12.3 Å². The molecule has 2 rings (SSSR count). The smallest absolute Gasteiger partial charge is 0.250 e. The lowest BCUT2D eigenvalue weighted by atomic mass is 10.0. The first-order chi connectivity index (χ1) is 10.2. The van der Waals surface area contributed by atoms with Crippen molar-refractivity contribution < 1.29 is 4.74 Å². The Kier molecular flexibility index (Phi) is 6.26. The van der Waals surface area contributed by atoms with Crippen molar-refractivity contribution in [3.05, 3.63) is 28.7 Å². The molecule has 1 aliphatic rings. The number of ether oxygens (including phenoxy) is 1. The predicted molar refractivity (Wildman–Crippen MR) is 86.0 cm³/mol. The van der Waals surface area contributed by atoms with Gasteiger partial charge in [-0.3, -0.25) is 4.79 Å². The van der Waals surface area contributed by atoms with Crippen molar-refractivity contribution in [3.8, 4) is 0 Å². The molecule has 21 heavy (non-hydrogen) atoms. The largest absolute Gasteiger partial charge is 0.383 e. The van der Waals surface area contributed by atoms with Crippen molar-refractivity contribution in [2.75, 3.05) is 38.7 Å². The summed E-state index contributed by atoms with van der Waals surface area (Å²) in [7, 11) is 1.65. The Morgan fingerprint density at radius 2 is 2.05 bits per heavy atom. The van der Waals surface area contributed by atoms with Gasteiger partial charge in [0, 0.05) is 45.0 Å². The Hall–Kier alpha value is -1.33. The summed E-state index contributed by atoms with van der Waals surface area (Å²) >= 11 is 0. The van der Waals surface area contributed by atoms with Crippen LogP contribution < -0.4 is 10.9 Å². The molecule has 0 atom stereocenters. The molecule has 0 amide bonds. The van der Waals surface area contributed by atoms with Gasteiger partial charge in [0.1, 0.15) is 0 Å². The molecule has 5 heteroatoms. The highest BCUT2D eigenvalue weighted by Crippen LogP contribution is 2.15. The molecule has 0 saturated carbocycles. The molecule has 0 aromatic carbocycles. The summed E-state index contributed by atoms with van der Waals surface area (Å²) in [5.74, 6) is 0. The molecule has 0 aliphatic carbocycles. The van der Waals surface area contributed by atoms with E-state index in [4.69, 9.17) is 4.74 Å². The molecule has 5 nitrogen and oxygen atoms in total. The number of nitrogens with zero attached hydrogens (tertiary/aromatic N) is 2. The van der Waals surface area contributed by atoms with Crippen molar-refractivity contribution in [2.24, 2.45) is 0 Å². The zero-order valence-electron chi connectivity index (χ0n) is 13.2. The van der Waals surface area contributed by atoms with E-state index < -0.39 is 0 Å². The molecule has 1 aromatic rings. The fourth-order valence-corrected chi connectivity index (χ4v) is 2.83. The average molecular weight is 293 g/mol. The first kappa shape index (κ1) is 16.0. The first-order valence-electron chi connectivity index (χ1n) is 7.91. The third kappa shape index (κ3) is 4.86. The van der Waals surface area contributed by atoms with Crippen molar-refractivity contribution in [2.45, 2.75) is 38.8 Å². The van der Waals surface area contributed by atoms with Crippen LogP contribution in [0.25, 0.3) is 0 Å². The van der Waals surface area contributed by atoms with Gasteiger partial charge in [0.15, 0.2) is 0 Å². The Bertz CT molecular complexity index is 479. The number of hydrogen-bond acceptors (Lipinski definition) is 4. The molecule has 118 valence electrons. The quantitative estimate of drug-likeness (QED) is 0.832. The van der Waals surface area contributed by atoms with E-state index in [2.05, 4.69) is 17.1 Å². The van der Waals surface area contributed by atoms with E-state index in [0.717, 1.165) is 31.6 Å². The minimum atomic E-state index is 0.0235. The third-order valence-electron chi connectivity index (χ3n) is 4.02. The summed E-state index contributed by atoms with van der Waals surface area (Å²) in [6.07, 6.45) is 5.46. The highest BCUT2D eigenvalue weighted by molar-refractivity contribution is 5.41. The van der Waals surface area contributed by atoms with Crippen molar-refractivity contribution >= 4 is 5.69 Å².